The van der Waals surface area contributed by atoms with Crippen LogP contribution in [0.2, 0.25) is 0 Å². The highest BCUT2D eigenvalue weighted by Crippen LogP contribution is 2.27. The van der Waals surface area contributed by atoms with E-state index in [1.807, 2.05) is 26.0 Å². The van der Waals surface area contributed by atoms with Crippen molar-refractivity contribution in [1.29, 1.82) is 0 Å². The number of aryl methyl sites for hydroxylation is 2. The van der Waals surface area contributed by atoms with Crippen molar-refractivity contribution in [3.8, 4) is 17.2 Å². The maximum Gasteiger partial charge on any atom is 0.336 e. The molecule has 1 amide bonds. The lowest BCUT2D eigenvalue weighted by molar-refractivity contribution is -0.121. The van der Waals surface area contributed by atoms with Gasteiger partial charge in [0.05, 0.1) is 25.4 Å². The summed E-state index contributed by atoms with van der Waals surface area (Å²) in [5.41, 5.74) is 2.83. The molecule has 2 aromatic heterocycles. The largest absolute Gasteiger partial charge is 0.493 e. The summed E-state index contributed by atoms with van der Waals surface area (Å²) in [6, 6.07) is 12.5. The lowest BCUT2D eigenvalue weighted by atomic mass is 10.1. The van der Waals surface area contributed by atoms with Gasteiger partial charge in [-0.15, -0.1) is 11.3 Å². The van der Waals surface area contributed by atoms with Crippen molar-refractivity contribution < 1.29 is 14.3 Å². The number of fused-ring (bicyclic) bond motifs is 1. The number of ether oxygens (including phenoxy) is 2. The van der Waals surface area contributed by atoms with Gasteiger partial charge in [-0.3, -0.25) is 14.2 Å². The van der Waals surface area contributed by atoms with Gasteiger partial charge in [-0.1, -0.05) is 12.1 Å². The van der Waals surface area contributed by atoms with Crippen molar-refractivity contribution >= 4 is 27.5 Å². The molecule has 0 saturated carbocycles. The Bertz CT molecular complexity index is 1500. The summed E-state index contributed by atoms with van der Waals surface area (Å²) in [5, 5.41) is 4.58. The van der Waals surface area contributed by atoms with E-state index in [1.54, 1.807) is 49.9 Å². The van der Waals surface area contributed by atoms with E-state index in [2.05, 4.69) is 5.32 Å². The number of aromatic nitrogens is 2. The predicted molar refractivity (Wildman–Crippen MR) is 133 cm³/mol. The molecule has 0 aliphatic carbocycles. The van der Waals surface area contributed by atoms with Gasteiger partial charge in [0.25, 0.3) is 5.56 Å². The minimum atomic E-state index is -0.555. The number of nitrogens with one attached hydrogen (secondary N) is 1. The first-order chi connectivity index (χ1) is 16.3. The molecule has 0 spiro atoms. The number of rotatable bonds is 7. The van der Waals surface area contributed by atoms with Gasteiger partial charge in [-0.2, -0.15) is 0 Å². The fraction of sp³-hybridized carbons (Fsp3) is 0.240. The number of benzene rings is 2. The van der Waals surface area contributed by atoms with Crippen LogP contribution in [-0.4, -0.2) is 29.3 Å². The first-order valence-electron chi connectivity index (χ1n) is 10.6. The summed E-state index contributed by atoms with van der Waals surface area (Å²) < 4.78 is 13.4. The minimum absolute atomic E-state index is 0.218. The van der Waals surface area contributed by atoms with Crippen LogP contribution < -0.4 is 26.0 Å². The van der Waals surface area contributed by atoms with E-state index in [0.29, 0.717) is 27.4 Å². The third-order valence-electron chi connectivity index (χ3n) is 5.74. The molecule has 0 radical (unpaired) electrons. The fourth-order valence-corrected chi connectivity index (χ4v) is 4.55. The van der Waals surface area contributed by atoms with E-state index in [4.69, 9.17) is 9.47 Å². The molecule has 34 heavy (non-hydrogen) atoms. The molecule has 2 aromatic carbocycles. The zero-order valence-electron chi connectivity index (χ0n) is 19.4. The maximum absolute atomic E-state index is 13.4. The molecule has 1 N–H and O–H groups in total. The molecule has 176 valence electrons. The van der Waals surface area contributed by atoms with Gasteiger partial charge in [0, 0.05) is 6.54 Å². The second-order valence-electron chi connectivity index (χ2n) is 7.88. The lowest BCUT2D eigenvalue weighted by Crippen LogP contribution is -2.41. The normalized spacial score (nSPS) is 10.9. The van der Waals surface area contributed by atoms with Crippen LogP contribution in [0.4, 0.5) is 0 Å². The zero-order valence-corrected chi connectivity index (χ0v) is 20.2. The fourth-order valence-electron chi connectivity index (χ4n) is 3.72. The van der Waals surface area contributed by atoms with E-state index in [9.17, 15) is 14.4 Å². The molecule has 4 rings (SSSR count). The first-order valence-corrected chi connectivity index (χ1v) is 11.5. The van der Waals surface area contributed by atoms with Gasteiger partial charge < -0.3 is 14.8 Å². The molecule has 2 heterocycles. The van der Waals surface area contributed by atoms with Crippen LogP contribution in [0.1, 0.15) is 16.7 Å². The van der Waals surface area contributed by atoms with Gasteiger partial charge in [0.15, 0.2) is 11.5 Å². The summed E-state index contributed by atoms with van der Waals surface area (Å²) in [6.07, 6.45) is 0. The average Bonchev–Trinajstić information content (AvgIpc) is 3.33. The zero-order chi connectivity index (χ0) is 24.4. The van der Waals surface area contributed by atoms with Gasteiger partial charge in [0.1, 0.15) is 11.2 Å². The van der Waals surface area contributed by atoms with Crippen molar-refractivity contribution in [1.82, 2.24) is 14.5 Å². The van der Waals surface area contributed by atoms with E-state index in [1.165, 1.54) is 15.9 Å². The van der Waals surface area contributed by atoms with Crippen LogP contribution in [-0.2, 0) is 17.9 Å². The highest BCUT2D eigenvalue weighted by Gasteiger charge is 2.18. The predicted octanol–water partition coefficient (Wildman–Crippen LogP) is 3.16. The number of methoxy groups -OCH3 is 2. The molecule has 0 saturated heterocycles. The van der Waals surface area contributed by atoms with Gasteiger partial charge >= 0.3 is 5.69 Å². The Morgan fingerprint density at radius 1 is 0.971 bits per heavy atom. The average molecular weight is 480 g/mol. The van der Waals surface area contributed by atoms with E-state index >= 15 is 0 Å². The van der Waals surface area contributed by atoms with Crippen molar-refractivity contribution in [2.45, 2.75) is 26.9 Å². The van der Waals surface area contributed by atoms with Crippen LogP contribution in [0.15, 0.2) is 57.4 Å². The summed E-state index contributed by atoms with van der Waals surface area (Å²) in [5.74, 6) is 0.804. The van der Waals surface area contributed by atoms with E-state index < -0.39 is 5.69 Å². The highest BCUT2D eigenvalue weighted by molar-refractivity contribution is 7.17. The van der Waals surface area contributed by atoms with E-state index in [0.717, 1.165) is 21.3 Å². The minimum Gasteiger partial charge on any atom is -0.493 e. The molecule has 8 nitrogen and oxygen atoms in total. The molecule has 0 unspecified atom stereocenters. The summed E-state index contributed by atoms with van der Waals surface area (Å²) >= 11 is 1.25. The van der Waals surface area contributed by atoms with Crippen molar-refractivity contribution in [3.63, 3.8) is 0 Å². The standard InChI is InChI=1S/C25H25N3O5S/c1-15-5-7-18(11-16(15)2)28-24(30)23-19(9-10-34-23)27(25(28)31)14-22(29)26-13-17-6-8-20(32-3)21(12-17)33-4/h5-12H,13-14H2,1-4H3,(H,26,29). The van der Waals surface area contributed by atoms with Gasteiger partial charge in [-0.05, 0) is 66.2 Å². The maximum atomic E-state index is 13.4. The number of hydrogen-bond donors (Lipinski definition) is 1. The third-order valence-corrected chi connectivity index (χ3v) is 6.63. The number of nitrogens with zero attached hydrogens (tertiary/aromatic N) is 2. The van der Waals surface area contributed by atoms with Crippen molar-refractivity contribution in [3.05, 3.63) is 85.4 Å². The number of amides is 1. The number of carbonyl (C=O) groups excluding carboxylic acids is 1. The molecule has 0 fully saturated rings. The third kappa shape index (κ3) is 4.34. The SMILES string of the molecule is COc1ccc(CNC(=O)Cn2c(=O)n(-c3ccc(C)c(C)c3)c(=O)c3sccc32)cc1OC. The molecule has 4 aromatic rings. The summed E-state index contributed by atoms with van der Waals surface area (Å²) in [6.45, 7) is 3.92. The van der Waals surface area contributed by atoms with Gasteiger partial charge in [0.2, 0.25) is 5.91 Å². The Balaban J connectivity index is 1.65. The van der Waals surface area contributed by atoms with Crippen molar-refractivity contribution in [2.75, 3.05) is 14.2 Å². The molecular formula is C25H25N3O5S. The number of hydrogen-bond acceptors (Lipinski definition) is 6. The number of carbonyl (C=O) groups is 1. The Morgan fingerprint density at radius 3 is 2.44 bits per heavy atom. The highest BCUT2D eigenvalue weighted by atomic mass is 32.1. The molecule has 9 heteroatoms. The second kappa shape index (κ2) is 9.56. The first kappa shape index (κ1) is 23.3. The van der Waals surface area contributed by atoms with Crippen LogP contribution in [0.3, 0.4) is 0 Å². The van der Waals surface area contributed by atoms with Crippen LogP contribution in [0.5, 0.6) is 11.5 Å². The van der Waals surface area contributed by atoms with Crippen LogP contribution in [0.25, 0.3) is 15.9 Å². The smallest absolute Gasteiger partial charge is 0.336 e. The number of thiophene rings is 1. The summed E-state index contributed by atoms with van der Waals surface area (Å²) in [7, 11) is 3.10. The topological polar surface area (TPSA) is 91.6 Å². The Hall–Kier alpha value is -3.85. The molecule has 0 bridgehead atoms. The molecular weight excluding hydrogens is 454 g/mol. The lowest BCUT2D eigenvalue weighted by Gasteiger charge is -2.14. The Labute approximate surface area is 200 Å². The summed E-state index contributed by atoms with van der Waals surface area (Å²) in [4.78, 5) is 39.3. The van der Waals surface area contributed by atoms with Gasteiger partial charge in [-0.25, -0.2) is 9.36 Å². The van der Waals surface area contributed by atoms with Crippen LogP contribution in [0, 0.1) is 13.8 Å². The molecule has 0 aliphatic rings. The molecule has 0 aliphatic heterocycles. The van der Waals surface area contributed by atoms with Crippen LogP contribution >= 0.6 is 11.3 Å². The second-order valence-corrected chi connectivity index (χ2v) is 8.79. The quantitative estimate of drug-likeness (QED) is 0.440. The molecule has 0 atom stereocenters. The Morgan fingerprint density at radius 2 is 1.74 bits per heavy atom. The monoisotopic (exact) mass is 479 g/mol. The van der Waals surface area contributed by atoms with Crippen molar-refractivity contribution in [2.24, 2.45) is 0 Å². The van der Waals surface area contributed by atoms with E-state index in [-0.39, 0.29) is 24.6 Å². The Kier molecular flexibility index (Phi) is 6.56.